The smallest absolute Gasteiger partial charge is 0.243 e. The summed E-state index contributed by atoms with van der Waals surface area (Å²) in [6, 6.07) is 17.8. The zero-order chi connectivity index (χ0) is 24.5. The van der Waals surface area contributed by atoms with E-state index in [1.54, 1.807) is 12.4 Å². The number of pyridine rings is 2. The summed E-state index contributed by atoms with van der Waals surface area (Å²) in [5.74, 6) is 1.23. The number of hydrogen-bond acceptors (Lipinski definition) is 7. The summed E-state index contributed by atoms with van der Waals surface area (Å²) in [6.45, 7) is 3.62. The number of benzene rings is 1. The number of H-pyrrole nitrogens is 1. The number of hydrogen-bond donors (Lipinski definition) is 1. The third-order valence-electron chi connectivity index (χ3n) is 6.91. The lowest BCUT2D eigenvalue weighted by atomic mass is 10.1. The Morgan fingerprint density at radius 2 is 1.94 bits per heavy atom. The Hall–Kier alpha value is -4.29. The number of nitriles is 1. The number of nitrogens with one attached hydrogen (secondary N) is 1. The van der Waals surface area contributed by atoms with Crippen LogP contribution in [0.3, 0.4) is 0 Å². The Balaban J connectivity index is 1.07. The van der Waals surface area contributed by atoms with Crippen molar-refractivity contribution in [2.45, 2.75) is 19.4 Å². The molecule has 0 unspecified atom stereocenters. The minimum atomic E-state index is -0.732. The first kappa shape index (κ1) is 22.2. The number of carbonyl (C=O) groups excluding carboxylic acids is 1. The van der Waals surface area contributed by atoms with Gasteiger partial charge < -0.3 is 9.64 Å². The van der Waals surface area contributed by atoms with Crippen LogP contribution in [0.2, 0.25) is 0 Å². The van der Waals surface area contributed by atoms with E-state index >= 15 is 0 Å². The van der Waals surface area contributed by atoms with Crippen LogP contribution in [0.25, 0.3) is 22.2 Å². The number of nitrogens with zero attached hydrogens (tertiary/aromatic N) is 6. The highest BCUT2D eigenvalue weighted by molar-refractivity contribution is 5.88. The van der Waals surface area contributed by atoms with Gasteiger partial charge in [-0.15, -0.1) is 0 Å². The molecule has 6 rings (SSSR count). The number of ether oxygens (including phenoxy) is 1. The third kappa shape index (κ3) is 4.39. The van der Waals surface area contributed by atoms with Crippen LogP contribution >= 0.6 is 0 Å². The van der Waals surface area contributed by atoms with E-state index in [1.165, 1.54) is 0 Å². The summed E-state index contributed by atoms with van der Waals surface area (Å²) in [5.41, 5.74) is 3.01. The predicted octanol–water partition coefficient (Wildman–Crippen LogP) is 3.76. The molecule has 36 heavy (non-hydrogen) atoms. The second-order valence-corrected chi connectivity index (χ2v) is 9.38. The molecular formula is C27H25N7O2. The minimum absolute atomic E-state index is 0.00969. The van der Waals surface area contributed by atoms with Gasteiger partial charge in [-0.25, -0.2) is 4.98 Å². The predicted molar refractivity (Wildman–Crippen MR) is 133 cm³/mol. The molecule has 9 heteroatoms. The molecule has 0 atom stereocenters. The zero-order valence-electron chi connectivity index (χ0n) is 19.7. The van der Waals surface area contributed by atoms with Crippen LogP contribution in [0, 0.1) is 16.7 Å². The molecule has 3 aromatic heterocycles. The summed E-state index contributed by atoms with van der Waals surface area (Å²) in [7, 11) is 0. The third-order valence-corrected chi connectivity index (χ3v) is 6.91. The van der Waals surface area contributed by atoms with Crippen molar-refractivity contribution in [1.29, 1.82) is 5.26 Å². The van der Waals surface area contributed by atoms with Crippen molar-refractivity contribution >= 4 is 16.8 Å². The van der Waals surface area contributed by atoms with Gasteiger partial charge in [0, 0.05) is 62.1 Å². The highest BCUT2D eigenvalue weighted by Crippen LogP contribution is 2.46. The molecule has 0 radical (unpaired) electrons. The first-order valence-corrected chi connectivity index (χ1v) is 12.1. The molecule has 2 fully saturated rings. The largest absolute Gasteiger partial charge is 0.439 e. The first-order chi connectivity index (χ1) is 17.6. The number of piperazine rings is 1. The number of carbonyl (C=O) groups is 1. The van der Waals surface area contributed by atoms with Crippen LogP contribution in [-0.4, -0.2) is 62.1 Å². The lowest BCUT2D eigenvalue weighted by Gasteiger charge is -2.35. The van der Waals surface area contributed by atoms with Gasteiger partial charge in [-0.2, -0.15) is 10.4 Å². The van der Waals surface area contributed by atoms with Crippen molar-refractivity contribution < 1.29 is 9.53 Å². The fraction of sp³-hybridized carbons (Fsp3) is 0.296. The number of fused-ring (bicyclic) bond motifs is 1. The molecule has 1 aliphatic carbocycles. The molecule has 1 amide bonds. The van der Waals surface area contributed by atoms with Crippen molar-refractivity contribution in [3.63, 3.8) is 0 Å². The van der Waals surface area contributed by atoms with E-state index in [0.717, 1.165) is 47.5 Å². The summed E-state index contributed by atoms with van der Waals surface area (Å²) < 4.78 is 5.95. The van der Waals surface area contributed by atoms with Crippen molar-refractivity contribution in [2.24, 2.45) is 5.41 Å². The Bertz CT molecular complexity index is 1430. The Morgan fingerprint density at radius 3 is 2.64 bits per heavy atom. The Morgan fingerprint density at radius 1 is 1.08 bits per heavy atom. The van der Waals surface area contributed by atoms with E-state index in [9.17, 15) is 10.1 Å². The van der Waals surface area contributed by atoms with Crippen LogP contribution in [0.5, 0.6) is 11.6 Å². The second-order valence-electron chi connectivity index (χ2n) is 9.38. The average molecular weight is 480 g/mol. The van der Waals surface area contributed by atoms with E-state index in [1.807, 2.05) is 47.4 Å². The topological polar surface area (TPSA) is 111 Å². The standard InChI is InChI=1S/C27H25N7O2/c28-18-27(8-9-27)26(35)34-13-11-33(12-14-34)17-21-3-1-19-15-22(4-5-23(19)31-21)36-25-6-2-20(16-29-25)24-7-10-30-32-24/h1-7,10,15-16H,8-9,11-14,17H2,(H,30,32). The molecule has 180 valence electrons. The van der Waals surface area contributed by atoms with Gasteiger partial charge >= 0.3 is 0 Å². The molecule has 1 aromatic carbocycles. The molecule has 9 nitrogen and oxygen atoms in total. The molecule has 4 aromatic rings. The summed E-state index contributed by atoms with van der Waals surface area (Å²) in [6.07, 6.45) is 4.86. The molecule has 4 heterocycles. The molecule has 1 N–H and O–H groups in total. The van der Waals surface area contributed by atoms with Gasteiger partial charge in [0.25, 0.3) is 0 Å². The fourth-order valence-electron chi connectivity index (χ4n) is 4.57. The fourth-order valence-corrected chi connectivity index (χ4v) is 4.57. The van der Waals surface area contributed by atoms with E-state index in [2.05, 4.69) is 32.2 Å². The number of rotatable bonds is 6. The highest BCUT2D eigenvalue weighted by atomic mass is 16.5. The van der Waals surface area contributed by atoms with Crippen LogP contribution in [0.1, 0.15) is 18.5 Å². The van der Waals surface area contributed by atoms with Crippen LogP contribution in [-0.2, 0) is 11.3 Å². The summed E-state index contributed by atoms with van der Waals surface area (Å²) in [4.78, 5) is 26.0. The normalized spacial score (nSPS) is 17.0. The Labute approximate surface area is 208 Å². The molecule has 1 saturated heterocycles. The maximum Gasteiger partial charge on any atom is 0.243 e. The van der Waals surface area contributed by atoms with Crippen LogP contribution in [0.15, 0.2) is 60.9 Å². The van der Waals surface area contributed by atoms with Crippen molar-refractivity contribution in [3.05, 3.63) is 66.6 Å². The number of amides is 1. The van der Waals surface area contributed by atoms with Crippen LogP contribution < -0.4 is 4.74 Å². The lowest BCUT2D eigenvalue weighted by molar-refractivity contribution is -0.136. The van der Waals surface area contributed by atoms with Gasteiger partial charge in [-0.3, -0.25) is 19.8 Å². The van der Waals surface area contributed by atoms with E-state index in [-0.39, 0.29) is 5.91 Å². The number of aromatic amines is 1. The van der Waals surface area contributed by atoms with E-state index in [4.69, 9.17) is 9.72 Å². The number of aromatic nitrogens is 4. The van der Waals surface area contributed by atoms with Crippen molar-refractivity contribution in [3.8, 4) is 29.0 Å². The summed E-state index contributed by atoms with van der Waals surface area (Å²) in [5, 5.41) is 17.2. The van der Waals surface area contributed by atoms with Crippen molar-refractivity contribution in [1.82, 2.24) is 30.0 Å². The lowest BCUT2D eigenvalue weighted by Crippen LogP contribution is -2.50. The molecular weight excluding hydrogens is 454 g/mol. The average Bonchev–Trinajstić information content (AvgIpc) is 3.53. The van der Waals surface area contributed by atoms with Gasteiger partial charge in [0.05, 0.1) is 23.0 Å². The SMILES string of the molecule is N#CC1(C(=O)N2CCN(Cc3ccc4cc(Oc5ccc(-c6ccn[nH]6)cn5)ccc4n3)CC2)CC1. The quantitative estimate of drug-likeness (QED) is 0.448. The zero-order valence-corrected chi connectivity index (χ0v) is 19.7. The maximum absolute atomic E-state index is 12.6. The van der Waals surface area contributed by atoms with Crippen molar-refractivity contribution in [2.75, 3.05) is 26.2 Å². The van der Waals surface area contributed by atoms with E-state index < -0.39 is 5.41 Å². The van der Waals surface area contributed by atoms with Crippen LogP contribution in [0.4, 0.5) is 0 Å². The summed E-state index contributed by atoms with van der Waals surface area (Å²) >= 11 is 0. The highest BCUT2D eigenvalue weighted by Gasteiger charge is 2.52. The minimum Gasteiger partial charge on any atom is -0.439 e. The van der Waals surface area contributed by atoms with Gasteiger partial charge in [0.2, 0.25) is 11.8 Å². The molecule has 0 bridgehead atoms. The van der Waals surface area contributed by atoms with E-state index in [0.29, 0.717) is 37.6 Å². The molecule has 0 spiro atoms. The van der Waals surface area contributed by atoms with Gasteiger partial charge in [-0.05, 0) is 49.2 Å². The van der Waals surface area contributed by atoms with Gasteiger partial charge in [0.1, 0.15) is 11.2 Å². The maximum atomic E-state index is 12.6. The monoisotopic (exact) mass is 479 g/mol. The first-order valence-electron chi connectivity index (χ1n) is 12.1. The molecule has 1 aliphatic heterocycles. The molecule has 2 aliphatic rings. The van der Waals surface area contributed by atoms with Gasteiger partial charge in [0.15, 0.2) is 0 Å². The molecule has 1 saturated carbocycles. The van der Waals surface area contributed by atoms with Gasteiger partial charge in [-0.1, -0.05) is 6.07 Å². The second kappa shape index (κ2) is 9.06. The Kier molecular flexibility index (Phi) is 5.58.